The molecule has 0 unspecified atom stereocenters. The number of nitrogens with one attached hydrogen (secondary N) is 2. The van der Waals surface area contributed by atoms with Crippen molar-refractivity contribution in [2.75, 3.05) is 19.6 Å². The molecule has 0 spiro atoms. The van der Waals surface area contributed by atoms with Gasteiger partial charge in [0.2, 0.25) is 5.91 Å². The molecule has 0 fully saturated rings. The van der Waals surface area contributed by atoms with Gasteiger partial charge in [-0.25, -0.2) is 9.18 Å². The van der Waals surface area contributed by atoms with E-state index in [1.54, 1.807) is 12.1 Å². The number of urea groups is 1. The number of amides is 3. The molecule has 3 amide bonds. The SMILES string of the molecule is CCN(CC(=O)NCc1ccc(F)cc1)C(=O)NCCc1ccc(C(C)C)cc1. The minimum absolute atomic E-state index is 0.0212. The molecule has 0 aliphatic carbocycles. The maximum atomic E-state index is 12.9. The molecule has 0 saturated carbocycles. The average molecular weight is 400 g/mol. The molecule has 29 heavy (non-hydrogen) atoms. The van der Waals surface area contributed by atoms with Crippen molar-refractivity contribution >= 4 is 11.9 Å². The van der Waals surface area contributed by atoms with E-state index >= 15 is 0 Å². The molecule has 2 aromatic rings. The van der Waals surface area contributed by atoms with Gasteiger partial charge >= 0.3 is 6.03 Å². The van der Waals surface area contributed by atoms with Crippen LogP contribution in [0.15, 0.2) is 48.5 Å². The fourth-order valence-electron chi connectivity index (χ4n) is 2.85. The van der Waals surface area contributed by atoms with Crippen molar-refractivity contribution in [3.63, 3.8) is 0 Å². The summed E-state index contributed by atoms with van der Waals surface area (Å²) in [4.78, 5) is 25.9. The van der Waals surface area contributed by atoms with Crippen LogP contribution in [0.4, 0.5) is 9.18 Å². The van der Waals surface area contributed by atoms with Gasteiger partial charge in [-0.3, -0.25) is 4.79 Å². The van der Waals surface area contributed by atoms with Crippen LogP contribution in [0.3, 0.4) is 0 Å². The first-order valence-corrected chi connectivity index (χ1v) is 10.0. The molecule has 5 nitrogen and oxygen atoms in total. The summed E-state index contributed by atoms with van der Waals surface area (Å²) < 4.78 is 12.9. The lowest BCUT2D eigenvalue weighted by Crippen LogP contribution is -2.45. The molecule has 0 saturated heterocycles. The summed E-state index contributed by atoms with van der Waals surface area (Å²) in [7, 11) is 0. The van der Waals surface area contributed by atoms with Crippen molar-refractivity contribution in [2.45, 2.75) is 39.7 Å². The second kappa shape index (κ2) is 11.2. The number of hydrogen-bond acceptors (Lipinski definition) is 2. The van der Waals surface area contributed by atoms with Crippen LogP contribution < -0.4 is 10.6 Å². The molecule has 2 rings (SSSR count). The quantitative estimate of drug-likeness (QED) is 0.673. The van der Waals surface area contributed by atoms with Crippen LogP contribution >= 0.6 is 0 Å². The number of rotatable bonds is 9. The number of carbonyl (C=O) groups excluding carboxylic acids is 2. The largest absolute Gasteiger partial charge is 0.350 e. The Morgan fingerprint density at radius 2 is 1.59 bits per heavy atom. The van der Waals surface area contributed by atoms with Crippen LogP contribution in [0.1, 0.15) is 43.4 Å². The maximum absolute atomic E-state index is 12.9. The third-order valence-corrected chi connectivity index (χ3v) is 4.74. The van der Waals surface area contributed by atoms with Gasteiger partial charge in [-0.15, -0.1) is 0 Å². The van der Waals surface area contributed by atoms with Crippen molar-refractivity contribution in [1.29, 1.82) is 0 Å². The molecular formula is C23H30FN3O2. The third kappa shape index (κ3) is 7.56. The number of carbonyl (C=O) groups is 2. The van der Waals surface area contributed by atoms with Gasteiger partial charge < -0.3 is 15.5 Å². The highest BCUT2D eigenvalue weighted by Gasteiger charge is 2.15. The topological polar surface area (TPSA) is 61.4 Å². The van der Waals surface area contributed by atoms with Gasteiger partial charge in [0, 0.05) is 19.6 Å². The molecule has 2 aromatic carbocycles. The van der Waals surface area contributed by atoms with E-state index in [1.165, 1.54) is 22.6 Å². The van der Waals surface area contributed by atoms with Gasteiger partial charge in [-0.1, -0.05) is 50.2 Å². The minimum Gasteiger partial charge on any atom is -0.350 e. The van der Waals surface area contributed by atoms with Gasteiger partial charge in [-0.05, 0) is 48.1 Å². The Morgan fingerprint density at radius 3 is 2.17 bits per heavy atom. The summed E-state index contributed by atoms with van der Waals surface area (Å²) in [5.41, 5.74) is 3.26. The van der Waals surface area contributed by atoms with E-state index in [0.717, 1.165) is 17.5 Å². The highest BCUT2D eigenvalue weighted by Crippen LogP contribution is 2.14. The molecular weight excluding hydrogens is 369 g/mol. The summed E-state index contributed by atoms with van der Waals surface area (Å²) in [6.45, 7) is 7.36. The lowest BCUT2D eigenvalue weighted by molar-refractivity contribution is -0.121. The highest BCUT2D eigenvalue weighted by molar-refractivity contribution is 5.84. The van der Waals surface area contributed by atoms with Crippen molar-refractivity contribution in [3.05, 3.63) is 71.0 Å². The lowest BCUT2D eigenvalue weighted by atomic mass is 10.0. The normalized spacial score (nSPS) is 10.7. The Labute approximate surface area is 172 Å². The standard InChI is InChI=1S/C23H30FN3O2/c1-4-27(16-22(28)26-15-19-7-11-21(24)12-8-19)23(29)25-14-13-18-5-9-20(10-6-18)17(2)3/h5-12,17H,4,13-16H2,1-3H3,(H,25,29)(H,26,28). The van der Waals surface area contributed by atoms with Crippen LogP contribution in [0.25, 0.3) is 0 Å². The van der Waals surface area contributed by atoms with E-state index < -0.39 is 0 Å². The Kier molecular flexibility index (Phi) is 8.65. The fourth-order valence-corrected chi connectivity index (χ4v) is 2.85. The first kappa shape index (κ1) is 22.4. The monoisotopic (exact) mass is 399 g/mol. The Bertz CT molecular complexity index is 789. The van der Waals surface area contributed by atoms with Crippen LogP contribution in [-0.2, 0) is 17.8 Å². The first-order valence-electron chi connectivity index (χ1n) is 10.0. The van der Waals surface area contributed by atoms with Gasteiger partial charge in [-0.2, -0.15) is 0 Å². The van der Waals surface area contributed by atoms with Crippen LogP contribution in [-0.4, -0.2) is 36.5 Å². The molecule has 0 atom stereocenters. The van der Waals surface area contributed by atoms with Crippen LogP contribution in [0, 0.1) is 5.82 Å². The van der Waals surface area contributed by atoms with Crippen molar-refractivity contribution in [1.82, 2.24) is 15.5 Å². The number of halogens is 1. The number of likely N-dealkylation sites (N-methyl/N-ethyl adjacent to an activating group) is 1. The van der Waals surface area contributed by atoms with Crippen molar-refractivity contribution < 1.29 is 14.0 Å². The zero-order chi connectivity index (χ0) is 21.2. The van der Waals surface area contributed by atoms with Crippen LogP contribution in [0.5, 0.6) is 0 Å². The van der Waals surface area contributed by atoms with Gasteiger partial charge in [0.1, 0.15) is 12.4 Å². The predicted octanol–water partition coefficient (Wildman–Crippen LogP) is 3.84. The molecule has 0 aliphatic heterocycles. The zero-order valence-corrected chi connectivity index (χ0v) is 17.4. The first-order chi connectivity index (χ1) is 13.9. The highest BCUT2D eigenvalue weighted by atomic mass is 19.1. The van der Waals surface area contributed by atoms with Crippen molar-refractivity contribution in [3.8, 4) is 0 Å². The summed E-state index contributed by atoms with van der Waals surface area (Å²) in [6.07, 6.45) is 0.735. The molecule has 0 bridgehead atoms. The Balaban J connectivity index is 1.74. The summed E-state index contributed by atoms with van der Waals surface area (Å²) >= 11 is 0. The fraction of sp³-hybridized carbons (Fsp3) is 0.391. The molecule has 0 radical (unpaired) electrons. The lowest BCUT2D eigenvalue weighted by Gasteiger charge is -2.21. The summed E-state index contributed by atoms with van der Waals surface area (Å²) in [6, 6.07) is 14.1. The zero-order valence-electron chi connectivity index (χ0n) is 17.4. The molecule has 6 heteroatoms. The molecule has 2 N–H and O–H groups in total. The average Bonchev–Trinajstić information content (AvgIpc) is 2.71. The van der Waals surface area contributed by atoms with Crippen LogP contribution in [0.2, 0.25) is 0 Å². The van der Waals surface area contributed by atoms with E-state index in [2.05, 4.69) is 48.7 Å². The Morgan fingerprint density at radius 1 is 0.966 bits per heavy atom. The molecule has 0 heterocycles. The van der Waals surface area contributed by atoms with E-state index in [4.69, 9.17) is 0 Å². The molecule has 0 aliphatic rings. The number of benzene rings is 2. The summed E-state index contributed by atoms with van der Waals surface area (Å²) in [5, 5.41) is 5.62. The van der Waals surface area contributed by atoms with Gasteiger partial charge in [0.25, 0.3) is 0 Å². The summed E-state index contributed by atoms with van der Waals surface area (Å²) in [5.74, 6) is -0.0727. The second-order valence-electron chi connectivity index (χ2n) is 7.30. The number of hydrogen-bond donors (Lipinski definition) is 2. The third-order valence-electron chi connectivity index (χ3n) is 4.74. The molecule has 156 valence electrons. The number of nitrogens with zero attached hydrogens (tertiary/aromatic N) is 1. The minimum atomic E-state index is -0.315. The molecule has 0 aromatic heterocycles. The predicted molar refractivity (Wildman–Crippen MR) is 113 cm³/mol. The van der Waals surface area contributed by atoms with Crippen molar-refractivity contribution in [2.24, 2.45) is 0 Å². The second-order valence-corrected chi connectivity index (χ2v) is 7.30. The smallest absolute Gasteiger partial charge is 0.317 e. The Hall–Kier alpha value is -2.89. The van der Waals surface area contributed by atoms with E-state index in [-0.39, 0.29) is 24.3 Å². The van der Waals surface area contributed by atoms with Gasteiger partial charge in [0.15, 0.2) is 0 Å². The maximum Gasteiger partial charge on any atom is 0.317 e. The van der Waals surface area contributed by atoms with Gasteiger partial charge in [0.05, 0.1) is 0 Å². The van der Waals surface area contributed by atoms with E-state index in [9.17, 15) is 14.0 Å². The van der Waals surface area contributed by atoms with E-state index in [1.807, 2.05) is 6.92 Å². The van der Waals surface area contributed by atoms with E-state index in [0.29, 0.717) is 25.6 Å².